The van der Waals surface area contributed by atoms with Crippen molar-refractivity contribution in [3.63, 3.8) is 0 Å². The maximum Gasteiger partial charge on any atom is 0.326 e. The quantitative estimate of drug-likeness (QED) is 0.684. The van der Waals surface area contributed by atoms with Gasteiger partial charge in [0.15, 0.2) is 0 Å². The van der Waals surface area contributed by atoms with Crippen LogP contribution in [0.4, 0.5) is 4.79 Å². The van der Waals surface area contributed by atoms with Crippen LogP contribution in [-0.4, -0.2) is 41.1 Å². The van der Waals surface area contributed by atoms with Crippen molar-refractivity contribution in [2.75, 3.05) is 7.05 Å². The Labute approximate surface area is 95.8 Å². The maximum atomic E-state index is 11.6. The van der Waals surface area contributed by atoms with Crippen molar-refractivity contribution in [2.45, 2.75) is 38.8 Å². The van der Waals surface area contributed by atoms with Gasteiger partial charge in [-0.05, 0) is 13.3 Å². The Kier molecular flexibility index (Phi) is 6.01. The molecule has 5 nitrogen and oxygen atoms in total. The van der Waals surface area contributed by atoms with Crippen LogP contribution >= 0.6 is 0 Å². The number of carbonyl (C=O) groups excluding carboxylic acids is 1. The van der Waals surface area contributed by atoms with Crippen LogP contribution in [0.3, 0.4) is 0 Å². The highest BCUT2D eigenvalue weighted by Gasteiger charge is 2.22. The number of nitrogens with one attached hydrogen (secondary N) is 1. The van der Waals surface area contributed by atoms with E-state index in [4.69, 9.17) is 11.5 Å². The van der Waals surface area contributed by atoms with Gasteiger partial charge >= 0.3 is 12.0 Å². The number of rotatable bonds is 5. The Hall–Kier alpha value is -1.70. The summed E-state index contributed by atoms with van der Waals surface area (Å²) in [5.41, 5.74) is 0. The van der Waals surface area contributed by atoms with Crippen LogP contribution < -0.4 is 5.32 Å². The molecule has 5 heteroatoms. The fourth-order valence-electron chi connectivity index (χ4n) is 1.06. The van der Waals surface area contributed by atoms with Crippen LogP contribution in [0.25, 0.3) is 0 Å². The van der Waals surface area contributed by atoms with Gasteiger partial charge in [0.1, 0.15) is 6.04 Å². The number of carbonyl (C=O) groups is 2. The van der Waals surface area contributed by atoms with E-state index in [1.165, 1.54) is 14.0 Å². The molecule has 0 aliphatic rings. The van der Waals surface area contributed by atoms with Gasteiger partial charge in [-0.2, -0.15) is 0 Å². The van der Waals surface area contributed by atoms with Gasteiger partial charge < -0.3 is 15.3 Å². The van der Waals surface area contributed by atoms with E-state index in [9.17, 15) is 9.59 Å². The smallest absolute Gasteiger partial charge is 0.326 e. The van der Waals surface area contributed by atoms with E-state index >= 15 is 0 Å². The highest BCUT2D eigenvalue weighted by molar-refractivity contribution is 5.82. The average Bonchev–Trinajstić information content (AvgIpc) is 2.25. The van der Waals surface area contributed by atoms with Crippen LogP contribution in [0.5, 0.6) is 0 Å². The van der Waals surface area contributed by atoms with Crippen molar-refractivity contribution in [1.29, 1.82) is 0 Å². The number of carboxylic acids is 1. The molecule has 0 aliphatic heterocycles. The first kappa shape index (κ1) is 14.3. The zero-order chi connectivity index (χ0) is 12.7. The van der Waals surface area contributed by atoms with Crippen LogP contribution in [-0.2, 0) is 4.79 Å². The molecule has 2 atom stereocenters. The number of amides is 2. The monoisotopic (exact) mass is 226 g/mol. The van der Waals surface area contributed by atoms with Crippen molar-refractivity contribution in [3.8, 4) is 12.3 Å². The molecular formula is C11H18N2O3. The minimum atomic E-state index is -1.04. The molecule has 2 amide bonds. The standard InChI is InChI=1S/C11H18N2O3/c1-5-7-9(6-2)12-11(16)13(4)8(3)10(14)15/h1,8-9H,6-7H2,2-4H3,(H,12,16)(H,14,15). The molecule has 0 spiro atoms. The molecule has 0 aromatic heterocycles. The van der Waals surface area contributed by atoms with Crippen molar-refractivity contribution in [1.82, 2.24) is 10.2 Å². The zero-order valence-corrected chi connectivity index (χ0v) is 9.86. The molecule has 0 fully saturated rings. The fourth-order valence-corrected chi connectivity index (χ4v) is 1.06. The molecule has 2 N–H and O–H groups in total. The summed E-state index contributed by atoms with van der Waals surface area (Å²) >= 11 is 0. The third-order valence-electron chi connectivity index (χ3n) is 2.44. The number of terminal acetylenes is 1. The SMILES string of the molecule is C#CCC(CC)NC(=O)N(C)C(C)C(=O)O. The molecule has 0 saturated carbocycles. The lowest BCUT2D eigenvalue weighted by molar-refractivity contribution is -0.141. The Morgan fingerprint density at radius 2 is 2.12 bits per heavy atom. The Morgan fingerprint density at radius 1 is 1.56 bits per heavy atom. The van der Waals surface area contributed by atoms with E-state index in [1.807, 2.05) is 6.92 Å². The minimum Gasteiger partial charge on any atom is -0.480 e. The Bertz CT molecular complexity index is 296. The summed E-state index contributed by atoms with van der Waals surface area (Å²) in [5.74, 6) is 1.43. The first-order valence-corrected chi connectivity index (χ1v) is 5.13. The third kappa shape index (κ3) is 4.22. The molecule has 0 aromatic rings. The second-order valence-corrected chi connectivity index (χ2v) is 3.59. The number of urea groups is 1. The van der Waals surface area contributed by atoms with Crippen molar-refractivity contribution in [2.24, 2.45) is 0 Å². The zero-order valence-electron chi connectivity index (χ0n) is 9.86. The number of hydrogen-bond acceptors (Lipinski definition) is 2. The van der Waals surface area contributed by atoms with E-state index in [2.05, 4.69) is 11.2 Å². The average molecular weight is 226 g/mol. The van der Waals surface area contributed by atoms with Gasteiger partial charge in [-0.3, -0.25) is 0 Å². The summed E-state index contributed by atoms with van der Waals surface area (Å²) in [6.07, 6.45) is 6.31. The molecule has 90 valence electrons. The summed E-state index contributed by atoms with van der Waals surface area (Å²) in [6.45, 7) is 3.35. The van der Waals surface area contributed by atoms with E-state index < -0.39 is 18.0 Å². The van der Waals surface area contributed by atoms with E-state index in [0.717, 1.165) is 4.90 Å². The fraction of sp³-hybridized carbons (Fsp3) is 0.636. The third-order valence-corrected chi connectivity index (χ3v) is 2.44. The Morgan fingerprint density at radius 3 is 2.50 bits per heavy atom. The van der Waals surface area contributed by atoms with Gasteiger partial charge in [0.05, 0.1) is 0 Å². The van der Waals surface area contributed by atoms with Crippen LogP contribution in [0, 0.1) is 12.3 Å². The van der Waals surface area contributed by atoms with Gasteiger partial charge in [0.2, 0.25) is 0 Å². The molecule has 0 aliphatic carbocycles. The second-order valence-electron chi connectivity index (χ2n) is 3.59. The summed E-state index contributed by atoms with van der Waals surface area (Å²) in [5, 5.41) is 11.4. The van der Waals surface area contributed by atoms with Crippen LogP contribution in [0.2, 0.25) is 0 Å². The van der Waals surface area contributed by atoms with Gasteiger partial charge in [0, 0.05) is 19.5 Å². The molecular weight excluding hydrogens is 208 g/mol. The van der Waals surface area contributed by atoms with Gasteiger partial charge in [-0.1, -0.05) is 6.92 Å². The molecule has 0 rings (SSSR count). The molecule has 0 aromatic carbocycles. The lowest BCUT2D eigenvalue weighted by Crippen LogP contribution is -2.48. The van der Waals surface area contributed by atoms with Crippen molar-refractivity contribution >= 4 is 12.0 Å². The van der Waals surface area contributed by atoms with Gasteiger partial charge in [-0.15, -0.1) is 12.3 Å². The van der Waals surface area contributed by atoms with Crippen LogP contribution in [0.15, 0.2) is 0 Å². The normalized spacial score (nSPS) is 13.4. The van der Waals surface area contributed by atoms with Gasteiger partial charge in [-0.25, -0.2) is 9.59 Å². The summed E-state index contributed by atoms with van der Waals surface area (Å²) in [7, 11) is 1.44. The summed E-state index contributed by atoms with van der Waals surface area (Å²) in [4.78, 5) is 23.4. The minimum absolute atomic E-state index is 0.110. The number of likely N-dealkylation sites (N-methyl/N-ethyl adjacent to an activating group) is 1. The van der Waals surface area contributed by atoms with E-state index in [1.54, 1.807) is 0 Å². The predicted octanol–water partition coefficient (Wildman–Crippen LogP) is 0.903. The highest BCUT2D eigenvalue weighted by atomic mass is 16.4. The molecule has 0 saturated heterocycles. The van der Waals surface area contributed by atoms with Crippen molar-refractivity contribution in [3.05, 3.63) is 0 Å². The van der Waals surface area contributed by atoms with Gasteiger partial charge in [0.25, 0.3) is 0 Å². The highest BCUT2D eigenvalue weighted by Crippen LogP contribution is 2.01. The lowest BCUT2D eigenvalue weighted by atomic mass is 10.1. The largest absolute Gasteiger partial charge is 0.480 e. The molecule has 2 unspecified atom stereocenters. The molecule has 0 radical (unpaired) electrons. The molecule has 16 heavy (non-hydrogen) atoms. The second kappa shape index (κ2) is 6.72. The molecule has 0 bridgehead atoms. The Balaban J connectivity index is 4.34. The number of aliphatic carboxylic acids is 1. The topological polar surface area (TPSA) is 69.6 Å². The van der Waals surface area contributed by atoms with E-state index in [0.29, 0.717) is 12.8 Å². The first-order chi connectivity index (χ1) is 7.43. The first-order valence-electron chi connectivity index (χ1n) is 5.13. The molecule has 0 heterocycles. The lowest BCUT2D eigenvalue weighted by Gasteiger charge is -2.24. The predicted molar refractivity (Wildman–Crippen MR) is 60.9 cm³/mol. The van der Waals surface area contributed by atoms with Crippen molar-refractivity contribution < 1.29 is 14.7 Å². The van der Waals surface area contributed by atoms with Crippen LogP contribution in [0.1, 0.15) is 26.7 Å². The summed E-state index contributed by atoms with van der Waals surface area (Å²) < 4.78 is 0. The van der Waals surface area contributed by atoms with E-state index in [-0.39, 0.29) is 6.04 Å². The summed E-state index contributed by atoms with van der Waals surface area (Å²) in [6, 6.07) is -1.39. The maximum absolute atomic E-state index is 11.6. The number of hydrogen-bond donors (Lipinski definition) is 2. The number of carboxylic acid groups (broad SMARTS) is 1. The number of nitrogens with zero attached hydrogens (tertiary/aromatic N) is 1.